The number of hydrogen-bond acceptors (Lipinski definition) is 4. The highest BCUT2D eigenvalue weighted by Crippen LogP contribution is 2.23. The number of phenolic OH excluding ortho intramolecular Hbond substituents is 1. The number of ether oxygens (including phenoxy) is 1. The molecule has 1 unspecified atom stereocenters. The summed E-state index contributed by atoms with van der Waals surface area (Å²) in [5, 5.41) is 12.5. The van der Waals surface area contributed by atoms with Gasteiger partial charge in [0.2, 0.25) is 0 Å². The fraction of sp³-hybridized carbons (Fsp3) is 0.533. The topological polar surface area (TPSA) is 84.6 Å². The van der Waals surface area contributed by atoms with Gasteiger partial charge in [0.25, 0.3) is 5.91 Å². The number of nitrogens with one attached hydrogen (secondary N) is 1. The lowest BCUT2D eigenvalue weighted by atomic mass is 9.95. The van der Waals surface area contributed by atoms with Crippen LogP contribution in [0.3, 0.4) is 0 Å². The summed E-state index contributed by atoms with van der Waals surface area (Å²) in [6.45, 7) is 4.58. The lowest BCUT2D eigenvalue weighted by Crippen LogP contribution is -2.41. The molecule has 0 saturated heterocycles. The van der Waals surface area contributed by atoms with E-state index in [1.165, 1.54) is 19.2 Å². The molecule has 5 heteroatoms. The second-order valence-electron chi connectivity index (χ2n) is 4.83. The van der Waals surface area contributed by atoms with Crippen molar-refractivity contribution in [2.75, 3.05) is 13.7 Å². The smallest absolute Gasteiger partial charge is 0.255 e. The lowest BCUT2D eigenvalue weighted by molar-refractivity contribution is 0.0945. The van der Waals surface area contributed by atoms with Gasteiger partial charge < -0.3 is 20.9 Å². The van der Waals surface area contributed by atoms with E-state index in [9.17, 15) is 9.90 Å². The van der Waals surface area contributed by atoms with E-state index in [1.807, 2.05) is 0 Å². The van der Waals surface area contributed by atoms with Crippen LogP contribution >= 0.6 is 0 Å². The number of nitrogens with two attached hydrogens (primary N) is 1. The van der Waals surface area contributed by atoms with E-state index < -0.39 is 0 Å². The molecule has 0 heterocycles. The zero-order chi connectivity index (χ0) is 15.1. The quantitative estimate of drug-likeness (QED) is 0.712. The van der Waals surface area contributed by atoms with Gasteiger partial charge in [0.15, 0.2) is 0 Å². The van der Waals surface area contributed by atoms with E-state index in [2.05, 4.69) is 19.2 Å². The Morgan fingerprint density at radius 1 is 1.40 bits per heavy atom. The maximum Gasteiger partial charge on any atom is 0.255 e. The predicted molar refractivity (Wildman–Crippen MR) is 79.0 cm³/mol. The van der Waals surface area contributed by atoms with E-state index in [0.29, 0.717) is 18.2 Å². The highest BCUT2D eigenvalue weighted by Gasteiger charge is 2.17. The molecule has 0 radical (unpaired) electrons. The van der Waals surface area contributed by atoms with Gasteiger partial charge >= 0.3 is 0 Å². The molecule has 1 aromatic rings. The van der Waals surface area contributed by atoms with Gasteiger partial charge in [0.05, 0.1) is 12.7 Å². The summed E-state index contributed by atoms with van der Waals surface area (Å²) in [6, 6.07) is 4.51. The molecule has 1 amide bonds. The molecule has 1 aromatic carbocycles. The zero-order valence-corrected chi connectivity index (χ0v) is 12.3. The Bertz CT molecular complexity index is 445. The number of amides is 1. The summed E-state index contributed by atoms with van der Waals surface area (Å²) in [6.07, 6.45) is 1.97. The number of carbonyl (C=O) groups is 1. The van der Waals surface area contributed by atoms with Crippen LogP contribution < -0.4 is 15.8 Å². The lowest BCUT2D eigenvalue weighted by Gasteiger charge is -2.21. The second-order valence-corrected chi connectivity index (χ2v) is 4.83. The van der Waals surface area contributed by atoms with Gasteiger partial charge in [-0.05, 0) is 18.1 Å². The molecule has 112 valence electrons. The molecule has 1 rings (SSSR count). The Balaban J connectivity index is 2.63. The molecule has 4 N–H and O–H groups in total. The van der Waals surface area contributed by atoms with E-state index in [1.54, 1.807) is 6.07 Å². The van der Waals surface area contributed by atoms with Crippen LogP contribution in [0, 0.1) is 5.92 Å². The Morgan fingerprint density at radius 3 is 2.55 bits per heavy atom. The third-order valence-electron chi connectivity index (χ3n) is 3.60. The number of phenols is 1. The van der Waals surface area contributed by atoms with Crippen molar-refractivity contribution in [3.05, 3.63) is 23.8 Å². The van der Waals surface area contributed by atoms with Gasteiger partial charge in [-0.3, -0.25) is 4.79 Å². The molecule has 0 aliphatic heterocycles. The summed E-state index contributed by atoms with van der Waals surface area (Å²) in [5.41, 5.74) is 6.28. The molecule has 20 heavy (non-hydrogen) atoms. The summed E-state index contributed by atoms with van der Waals surface area (Å²) >= 11 is 0. The number of aromatic hydroxyl groups is 1. The highest BCUT2D eigenvalue weighted by molar-refractivity contribution is 5.97. The molecular formula is C15H24N2O3. The first kappa shape index (κ1) is 16.3. The summed E-state index contributed by atoms with van der Waals surface area (Å²) in [4.78, 5) is 12.0. The second kappa shape index (κ2) is 7.75. The average molecular weight is 280 g/mol. The molecule has 0 fully saturated rings. The first-order valence-corrected chi connectivity index (χ1v) is 6.94. The van der Waals surface area contributed by atoms with Crippen LogP contribution in [0.5, 0.6) is 11.5 Å². The Kier molecular flexibility index (Phi) is 6.31. The van der Waals surface area contributed by atoms with Crippen molar-refractivity contribution >= 4 is 5.91 Å². The predicted octanol–water partition coefficient (Wildman–Crippen LogP) is 1.89. The highest BCUT2D eigenvalue weighted by atomic mass is 16.5. The maximum absolute atomic E-state index is 12.0. The van der Waals surface area contributed by atoms with Gasteiger partial charge in [-0.2, -0.15) is 0 Å². The first-order valence-electron chi connectivity index (χ1n) is 6.94. The van der Waals surface area contributed by atoms with Crippen LogP contribution in [-0.4, -0.2) is 30.7 Å². The molecular weight excluding hydrogens is 256 g/mol. The van der Waals surface area contributed by atoms with Crippen molar-refractivity contribution < 1.29 is 14.6 Å². The van der Waals surface area contributed by atoms with Crippen LogP contribution in [0.4, 0.5) is 0 Å². The number of rotatable bonds is 7. The average Bonchev–Trinajstić information content (AvgIpc) is 2.45. The number of hydrogen-bond donors (Lipinski definition) is 3. The largest absolute Gasteiger partial charge is 0.507 e. The van der Waals surface area contributed by atoms with Gasteiger partial charge in [-0.25, -0.2) is 0 Å². The monoisotopic (exact) mass is 280 g/mol. The Hall–Kier alpha value is -1.75. The van der Waals surface area contributed by atoms with Crippen LogP contribution in [0.25, 0.3) is 0 Å². The molecule has 0 aromatic heterocycles. The minimum atomic E-state index is -0.327. The van der Waals surface area contributed by atoms with E-state index in [0.717, 1.165) is 12.8 Å². The number of benzene rings is 1. The number of methoxy groups -OCH3 is 1. The van der Waals surface area contributed by atoms with Crippen molar-refractivity contribution in [3.8, 4) is 11.5 Å². The van der Waals surface area contributed by atoms with Crippen LogP contribution in [0.15, 0.2) is 18.2 Å². The number of carbonyl (C=O) groups excluding carboxylic acids is 1. The molecule has 0 bridgehead atoms. The molecule has 0 saturated carbocycles. The minimum Gasteiger partial charge on any atom is -0.507 e. The zero-order valence-electron chi connectivity index (χ0n) is 12.3. The summed E-state index contributed by atoms with van der Waals surface area (Å²) < 4.78 is 4.98. The van der Waals surface area contributed by atoms with E-state index in [4.69, 9.17) is 10.5 Å². The molecule has 0 aliphatic rings. The van der Waals surface area contributed by atoms with Crippen molar-refractivity contribution in [2.24, 2.45) is 11.7 Å². The summed E-state index contributed by atoms with van der Waals surface area (Å²) in [5.74, 6) is 0.469. The Morgan fingerprint density at radius 2 is 2.05 bits per heavy atom. The maximum atomic E-state index is 12.0. The Labute approximate surface area is 120 Å². The normalized spacial score (nSPS) is 12.2. The van der Waals surface area contributed by atoms with Gasteiger partial charge in [0.1, 0.15) is 11.5 Å². The van der Waals surface area contributed by atoms with Gasteiger partial charge in [-0.15, -0.1) is 0 Å². The first-order chi connectivity index (χ1) is 9.53. The minimum absolute atomic E-state index is 0.0747. The van der Waals surface area contributed by atoms with Gasteiger partial charge in [-0.1, -0.05) is 26.7 Å². The van der Waals surface area contributed by atoms with Gasteiger partial charge in [0, 0.05) is 18.7 Å². The van der Waals surface area contributed by atoms with Crippen molar-refractivity contribution in [1.82, 2.24) is 5.32 Å². The summed E-state index contributed by atoms with van der Waals surface area (Å²) in [7, 11) is 1.50. The van der Waals surface area contributed by atoms with Crippen LogP contribution in [0.2, 0.25) is 0 Å². The molecule has 0 aliphatic carbocycles. The van der Waals surface area contributed by atoms with E-state index in [-0.39, 0.29) is 23.3 Å². The SMILES string of the molecule is CCC(CC)C(N)CNC(=O)c1ccc(OC)cc1O. The standard InChI is InChI=1S/C15H24N2O3/c1-4-10(5-2)13(16)9-17-15(19)12-7-6-11(20-3)8-14(12)18/h6-8,10,13,18H,4-5,9,16H2,1-3H3,(H,17,19). The van der Waals surface area contributed by atoms with Crippen LogP contribution in [-0.2, 0) is 0 Å². The third kappa shape index (κ3) is 4.13. The van der Waals surface area contributed by atoms with E-state index >= 15 is 0 Å². The third-order valence-corrected chi connectivity index (χ3v) is 3.60. The van der Waals surface area contributed by atoms with Crippen molar-refractivity contribution in [2.45, 2.75) is 32.7 Å². The molecule has 0 spiro atoms. The van der Waals surface area contributed by atoms with Crippen molar-refractivity contribution in [1.29, 1.82) is 0 Å². The van der Waals surface area contributed by atoms with Crippen molar-refractivity contribution in [3.63, 3.8) is 0 Å². The fourth-order valence-electron chi connectivity index (χ4n) is 2.20. The fourth-order valence-corrected chi connectivity index (χ4v) is 2.20. The molecule has 5 nitrogen and oxygen atoms in total. The van der Waals surface area contributed by atoms with Crippen LogP contribution in [0.1, 0.15) is 37.0 Å². The molecule has 1 atom stereocenters.